The number of allylic oxidation sites excluding steroid dienone is 4. The molecule has 0 fully saturated rings. The summed E-state index contributed by atoms with van der Waals surface area (Å²) in [5.41, 5.74) is 2.35. The van der Waals surface area contributed by atoms with E-state index in [9.17, 15) is 4.79 Å². The molecule has 0 atom stereocenters. The van der Waals surface area contributed by atoms with Crippen molar-refractivity contribution in [1.82, 2.24) is 0 Å². The molecule has 0 bridgehead atoms. The molecule has 1 nitrogen and oxygen atoms in total. The fourth-order valence-electron chi connectivity index (χ4n) is 2.05. The van der Waals surface area contributed by atoms with E-state index in [2.05, 4.69) is 39.8 Å². The second kappa shape index (κ2) is 4.34. The Morgan fingerprint density at radius 1 is 1.33 bits per heavy atom. The first-order chi connectivity index (χ1) is 6.84. The summed E-state index contributed by atoms with van der Waals surface area (Å²) in [5.74, 6) is 0.857. The van der Waals surface area contributed by atoms with Gasteiger partial charge < -0.3 is 0 Å². The number of hydrogen-bond donors (Lipinski definition) is 0. The van der Waals surface area contributed by atoms with Crippen molar-refractivity contribution in [2.24, 2.45) is 11.3 Å². The number of carbonyl (C=O) groups is 1. The Bertz CT molecular complexity index is 316. The molecule has 1 aliphatic rings. The second-order valence-corrected chi connectivity index (χ2v) is 5.45. The highest BCUT2D eigenvalue weighted by Gasteiger charge is 2.30. The van der Waals surface area contributed by atoms with E-state index in [1.54, 1.807) is 0 Å². The molecule has 1 rings (SSSR count). The number of ketones is 1. The summed E-state index contributed by atoms with van der Waals surface area (Å²) in [6.07, 6.45) is 6.01. The maximum absolute atomic E-state index is 11.6. The van der Waals surface area contributed by atoms with Crippen LogP contribution in [0.5, 0.6) is 0 Å². The summed E-state index contributed by atoms with van der Waals surface area (Å²) < 4.78 is 0. The Labute approximate surface area is 93.3 Å². The lowest BCUT2D eigenvalue weighted by atomic mass is 9.72. The molecule has 15 heavy (non-hydrogen) atoms. The van der Waals surface area contributed by atoms with Crippen LogP contribution < -0.4 is 0 Å². The van der Waals surface area contributed by atoms with E-state index in [0.717, 1.165) is 12.0 Å². The summed E-state index contributed by atoms with van der Waals surface area (Å²) in [6, 6.07) is 0. The van der Waals surface area contributed by atoms with Crippen LogP contribution in [0.15, 0.2) is 23.3 Å². The molecule has 0 saturated heterocycles. The molecule has 0 aromatic heterocycles. The third kappa shape index (κ3) is 2.80. The van der Waals surface area contributed by atoms with E-state index in [0.29, 0.717) is 18.1 Å². The lowest BCUT2D eigenvalue weighted by molar-refractivity contribution is -0.116. The fraction of sp³-hybridized carbons (Fsp3) is 0.643. The van der Waals surface area contributed by atoms with Crippen molar-refractivity contribution in [2.45, 2.75) is 47.5 Å². The van der Waals surface area contributed by atoms with E-state index >= 15 is 0 Å². The molecular formula is C14H22O. The van der Waals surface area contributed by atoms with Gasteiger partial charge in [0.15, 0.2) is 5.78 Å². The zero-order valence-corrected chi connectivity index (χ0v) is 10.6. The van der Waals surface area contributed by atoms with Gasteiger partial charge in [0.1, 0.15) is 0 Å². The van der Waals surface area contributed by atoms with Crippen molar-refractivity contribution in [1.29, 1.82) is 0 Å². The van der Waals surface area contributed by atoms with Crippen molar-refractivity contribution in [3.05, 3.63) is 23.3 Å². The molecule has 0 N–H and O–H groups in total. The molecule has 0 heterocycles. The predicted molar refractivity (Wildman–Crippen MR) is 64.7 cm³/mol. The third-order valence-electron chi connectivity index (χ3n) is 3.18. The number of rotatable bonds is 2. The summed E-state index contributed by atoms with van der Waals surface area (Å²) in [6.45, 7) is 10.7. The monoisotopic (exact) mass is 206 g/mol. The molecule has 0 radical (unpaired) electrons. The molecule has 1 heteroatoms. The standard InChI is InChI=1S/C14H22O/c1-10(2)6-7-12-11(3)13(15)8-9-14(12,4)5/h6-7,10H,8-9H2,1-5H3/b7-6+. The smallest absolute Gasteiger partial charge is 0.158 e. The van der Waals surface area contributed by atoms with Crippen LogP contribution in [0, 0.1) is 11.3 Å². The van der Waals surface area contributed by atoms with Crippen molar-refractivity contribution in [2.75, 3.05) is 0 Å². The predicted octanol–water partition coefficient (Wildman–Crippen LogP) is 3.90. The maximum Gasteiger partial charge on any atom is 0.158 e. The van der Waals surface area contributed by atoms with Gasteiger partial charge in [-0.2, -0.15) is 0 Å². The Morgan fingerprint density at radius 3 is 2.47 bits per heavy atom. The van der Waals surface area contributed by atoms with Crippen molar-refractivity contribution < 1.29 is 4.79 Å². The molecule has 0 saturated carbocycles. The molecule has 0 aliphatic heterocycles. The minimum Gasteiger partial charge on any atom is -0.295 e. The Balaban J connectivity index is 3.07. The molecule has 0 spiro atoms. The van der Waals surface area contributed by atoms with Crippen LogP contribution in [-0.2, 0) is 4.79 Å². The van der Waals surface area contributed by atoms with Crippen molar-refractivity contribution in [3.8, 4) is 0 Å². The highest BCUT2D eigenvalue weighted by atomic mass is 16.1. The van der Waals surface area contributed by atoms with Gasteiger partial charge >= 0.3 is 0 Å². The first-order valence-electron chi connectivity index (χ1n) is 5.77. The number of carbonyl (C=O) groups excluding carboxylic acids is 1. The topological polar surface area (TPSA) is 17.1 Å². The number of hydrogen-bond acceptors (Lipinski definition) is 1. The van der Waals surface area contributed by atoms with Crippen LogP contribution in [0.2, 0.25) is 0 Å². The molecule has 1 aliphatic carbocycles. The summed E-state index contributed by atoms with van der Waals surface area (Å²) in [4.78, 5) is 11.6. The normalized spacial score (nSPS) is 21.9. The molecule has 0 aromatic carbocycles. The third-order valence-corrected chi connectivity index (χ3v) is 3.18. The largest absolute Gasteiger partial charge is 0.295 e. The average Bonchev–Trinajstić information content (AvgIpc) is 2.11. The van der Waals surface area contributed by atoms with Crippen LogP contribution in [-0.4, -0.2) is 5.78 Å². The van der Waals surface area contributed by atoms with Gasteiger partial charge in [-0.05, 0) is 35.8 Å². The Hall–Kier alpha value is -0.850. The van der Waals surface area contributed by atoms with Gasteiger partial charge in [0.2, 0.25) is 0 Å². The van der Waals surface area contributed by atoms with E-state index in [4.69, 9.17) is 0 Å². The number of Topliss-reactive ketones (excluding diaryl/α,β-unsaturated/α-hetero) is 1. The van der Waals surface area contributed by atoms with Crippen LogP contribution >= 0.6 is 0 Å². The minimum atomic E-state index is 0.156. The first-order valence-corrected chi connectivity index (χ1v) is 5.77. The highest BCUT2D eigenvalue weighted by Crippen LogP contribution is 2.39. The van der Waals surface area contributed by atoms with Crippen LogP contribution in [0.25, 0.3) is 0 Å². The van der Waals surface area contributed by atoms with E-state index < -0.39 is 0 Å². The van der Waals surface area contributed by atoms with Gasteiger partial charge in [-0.3, -0.25) is 4.79 Å². The Kier molecular flexibility index (Phi) is 3.54. The van der Waals surface area contributed by atoms with Crippen LogP contribution in [0.3, 0.4) is 0 Å². The maximum atomic E-state index is 11.6. The van der Waals surface area contributed by atoms with Gasteiger partial charge in [0, 0.05) is 6.42 Å². The lowest BCUT2D eigenvalue weighted by Gasteiger charge is -2.32. The van der Waals surface area contributed by atoms with E-state index in [1.165, 1.54) is 5.57 Å². The van der Waals surface area contributed by atoms with E-state index in [-0.39, 0.29) is 5.41 Å². The van der Waals surface area contributed by atoms with Crippen molar-refractivity contribution >= 4 is 5.78 Å². The molecule has 0 aromatic rings. The van der Waals surface area contributed by atoms with Gasteiger partial charge in [-0.15, -0.1) is 0 Å². The van der Waals surface area contributed by atoms with Gasteiger partial charge in [0.05, 0.1) is 0 Å². The SMILES string of the molecule is CC1=C(/C=C/C(C)C)C(C)(C)CCC1=O. The zero-order chi connectivity index (χ0) is 11.6. The lowest BCUT2D eigenvalue weighted by Crippen LogP contribution is -2.24. The first kappa shape index (κ1) is 12.2. The van der Waals surface area contributed by atoms with Crippen molar-refractivity contribution in [3.63, 3.8) is 0 Å². The van der Waals surface area contributed by atoms with Crippen LogP contribution in [0.1, 0.15) is 47.5 Å². The molecule has 0 amide bonds. The second-order valence-electron chi connectivity index (χ2n) is 5.45. The highest BCUT2D eigenvalue weighted by molar-refractivity contribution is 5.97. The van der Waals surface area contributed by atoms with Gasteiger partial charge in [0.25, 0.3) is 0 Å². The molecular weight excluding hydrogens is 184 g/mol. The van der Waals surface area contributed by atoms with Gasteiger partial charge in [-0.25, -0.2) is 0 Å². The van der Waals surface area contributed by atoms with E-state index in [1.807, 2.05) is 6.92 Å². The summed E-state index contributed by atoms with van der Waals surface area (Å²) in [7, 11) is 0. The minimum absolute atomic E-state index is 0.156. The van der Waals surface area contributed by atoms with Crippen LogP contribution in [0.4, 0.5) is 0 Å². The Morgan fingerprint density at radius 2 is 1.93 bits per heavy atom. The van der Waals surface area contributed by atoms with Gasteiger partial charge in [-0.1, -0.05) is 39.8 Å². The summed E-state index contributed by atoms with van der Waals surface area (Å²) in [5, 5.41) is 0. The molecule has 84 valence electrons. The quantitative estimate of drug-likeness (QED) is 0.669. The summed E-state index contributed by atoms with van der Waals surface area (Å²) >= 11 is 0. The molecule has 0 unspecified atom stereocenters. The fourth-order valence-corrected chi connectivity index (χ4v) is 2.05. The zero-order valence-electron chi connectivity index (χ0n) is 10.6. The average molecular weight is 206 g/mol.